The standard InChI is InChI=1S/C19H31N/c1-3-4-5-6-9-18(15-20-19-11-12-19)14-17-10-7-8-16(2)13-17/h7-8,10,13,18-20H,3-6,9,11-12,14-15H2,1-2H3. The van der Waals surface area contributed by atoms with Gasteiger partial charge in [0.1, 0.15) is 0 Å². The fraction of sp³-hybridized carbons (Fsp3) is 0.684. The highest BCUT2D eigenvalue weighted by Crippen LogP contribution is 2.21. The molecule has 1 heteroatoms. The highest BCUT2D eigenvalue weighted by molar-refractivity contribution is 5.22. The summed E-state index contributed by atoms with van der Waals surface area (Å²) in [6.45, 7) is 5.70. The Morgan fingerprint density at radius 3 is 2.75 bits per heavy atom. The van der Waals surface area contributed by atoms with Crippen LogP contribution in [0.25, 0.3) is 0 Å². The molecule has 0 heterocycles. The van der Waals surface area contributed by atoms with Crippen LogP contribution in [-0.4, -0.2) is 12.6 Å². The predicted octanol–water partition coefficient (Wildman–Crippen LogP) is 4.88. The Labute approximate surface area is 125 Å². The van der Waals surface area contributed by atoms with Crippen molar-refractivity contribution in [3.05, 3.63) is 35.4 Å². The van der Waals surface area contributed by atoms with E-state index in [0.29, 0.717) is 0 Å². The van der Waals surface area contributed by atoms with Crippen molar-refractivity contribution in [3.63, 3.8) is 0 Å². The molecule has 20 heavy (non-hydrogen) atoms. The maximum Gasteiger partial charge on any atom is 0.00683 e. The van der Waals surface area contributed by atoms with Crippen LogP contribution in [0.15, 0.2) is 24.3 Å². The number of aryl methyl sites for hydroxylation is 1. The van der Waals surface area contributed by atoms with Gasteiger partial charge in [-0.2, -0.15) is 0 Å². The molecular weight excluding hydrogens is 242 g/mol. The quantitative estimate of drug-likeness (QED) is 0.599. The van der Waals surface area contributed by atoms with E-state index in [1.807, 2.05) is 0 Å². The van der Waals surface area contributed by atoms with Crippen LogP contribution in [0.4, 0.5) is 0 Å². The Bertz CT molecular complexity index is 381. The molecule has 0 saturated heterocycles. The maximum atomic E-state index is 3.73. The SMILES string of the molecule is CCCCCCC(CNC1CC1)Cc1cccc(C)c1. The van der Waals surface area contributed by atoms with Gasteiger partial charge in [0.05, 0.1) is 0 Å². The molecule has 1 aliphatic rings. The first kappa shape index (κ1) is 15.6. The fourth-order valence-electron chi connectivity index (χ4n) is 2.93. The molecule has 0 radical (unpaired) electrons. The lowest BCUT2D eigenvalue weighted by Gasteiger charge is -2.18. The molecule has 2 rings (SSSR count). The zero-order valence-electron chi connectivity index (χ0n) is 13.3. The molecule has 0 spiro atoms. The molecular formula is C19H31N. The minimum atomic E-state index is 0.814. The van der Waals surface area contributed by atoms with Gasteiger partial charge >= 0.3 is 0 Å². The molecule has 1 aromatic rings. The minimum Gasteiger partial charge on any atom is -0.314 e. The van der Waals surface area contributed by atoms with Gasteiger partial charge in [0.2, 0.25) is 0 Å². The monoisotopic (exact) mass is 273 g/mol. The summed E-state index contributed by atoms with van der Waals surface area (Å²) in [4.78, 5) is 0. The lowest BCUT2D eigenvalue weighted by Crippen LogP contribution is -2.26. The average Bonchev–Trinajstić information content (AvgIpc) is 3.25. The molecule has 1 atom stereocenters. The van der Waals surface area contributed by atoms with Crippen LogP contribution in [0.5, 0.6) is 0 Å². The molecule has 0 aliphatic heterocycles. The lowest BCUT2D eigenvalue weighted by atomic mass is 9.93. The van der Waals surface area contributed by atoms with Gasteiger partial charge in [-0.3, -0.25) is 0 Å². The van der Waals surface area contributed by atoms with E-state index in [4.69, 9.17) is 0 Å². The Morgan fingerprint density at radius 1 is 1.20 bits per heavy atom. The number of nitrogens with one attached hydrogen (secondary N) is 1. The Kier molecular flexibility index (Phi) is 6.59. The first-order chi connectivity index (χ1) is 9.78. The second-order valence-electron chi connectivity index (χ2n) is 6.59. The van der Waals surface area contributed by atoms with Crippen LogP contribution < -0.4 is 5.32 Å². The van der Waals surface area contributed by atoms with Crippen LogP contribution >= 0.6 is 0 Å². The van der Waals surface area contributed by atoms with E-state index in [2.05, 4.69) is 43.4 Å². The van der Waals surface area contributed by atoms with Gasteiger partial charge < -0.3 is 5.32 Å². The van der Waals surface area contributed by atoms with Crippen LogP contribution in [0.2, 0.25) is 0 Å². The molecule has 1 saturated carbocycles. The summed E-state index contributed by atoms with van der Waals surface area (Å²) in [6.07, 6.45) is 11.0. The van der Waals surface area contributed by atoms with E-state index in [-0.39, 0.29) is 0 Å². The summed E-state index contributed by atoms with van der Waals surface area (Å²) in [5, 5.41) is 3.73. The largest absolute Gasteiger partial charge is 0.314 e. The zero-order valence-corrected chi connectivity index (χ0v) is 13.3. The molecule has 0 amide bonds. The van der Waals surface area contributed by atoms with E-state index in [9.17, 15) is 0 Å². The van der Waals surface area contributed by atoms with Crippen molar-refractivity contribution in [2.24, 2.45) is 5.92 Å². The van der Waals surface area contributed by atoms with E-state index < -0.39 is 0 Å². The van der Waals surface area contributed by atoms with Crippen LogP contribution in [0, 0.1) is 12.8 Å². The van der Waals surface area contributed by atoms with Gasteiger partial charge in [0.15, 0.2) is 0 Å². The van der Waals surface area contributed by atoms with E-state index in [1.165, 1.54) is 69.0 Å². The van der Waals surface area contributed by atoms with Gasteiger partial charge in [0.25, 0.3) is 0 Å². The molecule has 1 nitrogen and oxygen atoms in total. The molecule has 112 valence electrons. The van der Waals surface area contributed by atoms with Gasteiger partial charge in [-0.25, -0.2) is 0 Å². The zero-order chi connectivity index (χ0) is 14.2. The number of hydrogen-bond acceptors (Lipinski definition) is 1. The summed E-state index contributed by atoms with van der Waals surface area (Å²) in [5.74, 6) is 0.814. The summed E-state index contributed by atoms with van der Waals surface area (Å²) >= 11 is 0. The van der Waals surface area contributed by atoms with Crippen molar-refractivity contribution in [2.75, 3.05) is 6.54 Å². The van der Waals surface area contributed by atoms with Crippen molar-refractivity contribution < 1.29 is 0 Å². The van der Waals surface area contributed by atoms with Gasteiger partial charge in [-0.15, -0.1) is 0 Å². The summed E-state index contributed by atoms with van der Waals surface area (Å²) in [6, 6.07) is 9.89. The lowest BCUT2D eigenvalue weighted by molar-refractivity contribution is 0.420. The van der Waals surface area contributed by atoms with Crippen molar-refractivity contribution >= 4 is 0 Å². The third-order valence-electron chi connectivity index (χ3n) is 4.35. The van der Waals surface area contributed by atoms with Crippen molar-refractivity contribution in [3.8, 4) is 0 Å². The predicted molar refractivity (Wildman–Crippen MR) is 88.2 cm³/mol. The van der Waals surface area contributed by atoms with Gasteiger partial charge in [-0.1, -0.05) is 62.4 Å². The van der Waals surface area contributed by atoms with Gasteiger partial charge in [0, 0.05) is 6.04 Å². The van der Waals surface area contributed by atoms with Crippen molar-refractivity contribution in [1.82, 2.24) is 5.32 Å². The molecule has 1 aromatic carbocycles. The summed E-state index contributed by atoms with van der Waals surface area (Å²) < 4.78 is 0. The first-order valence-electron chi connectivity index (χ1n) is 8.57. The normalized spacial score (nSPS) is 16.3. The third-order valence-corrected chi connectivity index (χ3v) is 4.35. The number of unbranched alkanes of at least 4 members (excludes halogenated alkanes) is 3. The highest BCUT2D eigenvalue weighted by Gasteiger charge is 2.21. The fourth-order valence-corrected chi connectivity index (χ4v) is 2.93. The molecule has 1 N–H and O–H groups in total. The maximum absolute atomic E-state index is 3.73. The third kappa shape index (κ3) is 6.09. The Morgan fingerprint density at radius 2 is 2.05 bits per heavy atom. The van der Waals surface area contributed by atoms with Crippen molar-refractivity contribution in [1.29, 1.82) is 0 Å². The second kappa shape index (κ2) is 8.46. The van der Waals surface area contributed by atoms with Crippen LogP contribution in [0.3, 0.4) is 0 Å². The topological polar surface area (TPSA) is 12.0 Å². The Hall–Kier alpha value is -0.820. The summed E-state index contributed by atoms with van der Waals surface area (Å²) in [5.41, 5.74) is 2.91. The average molecular weight is 273 g/mol. The molecule has 1 unspecified atom stereocenters. The second-order valence-corrected chi connectivity index (χ2v) is 6.59. The number of benzene rings is 1. The molecule has 0 aromatic heterocycles. The van der Waals surface area contributed by atoms with E-state index >= 15 is 0 Å². The highest BCUT2D eigenvalue weighted by atomic mass is 14.9. The number of hydrogen-bond donors (Lipinski definition) is 1. The minimum absolute atomic E-state index is 0.814. The van der Waals surface area contributed by atoms with Crippen LogP contribution in [-0.2, 0) is 6.42 Å². The smallest absolute Gasteiger partial charge is 0.00683 e. The van der Waals surface area contributed by atoms with E-state index in [1.54, 1.807) is 0 Å². The number of rotatable bonds is 10. The Balaban J connectivity index is 1.80. The molecule has 0 bridgehead atoms. The van der Waals surface area contributed by atoms with Crippen LogP contribution in [0.1, 0.15) is 63.0 Å². The van der Waals surface area contributed by atoms with Crippen molar-refractivity contribution in [2.45, 2.75) is 71.3 Å². The van der Waals surface area contributed by atoms with E-state index in [0.717, 1.165) is 12.0 Å². The molecule has 1 fully saturated rings. The summed E-state index contributed by atoms with van der Waals surface area (Å²) in [7, 11) is 0. The van der Waals surface area contributed by atoms with Gasteiger partial charge in [-0.05, 0) is 50.6 Å². The first-order valence-corrected chi connectivity index (χ1v) is 8.57. The molecule has 1 aliphatic carbocycles.